The molecule has 0 bridgehead atoms. The number of sulfonamides is 1. The highest BCUT2D eigenvalue weighted by Gasteiger charge is 2.23. The molecule has 0 radical (unpaired) electrons. The number of benzene rings is 2. The van der Waals surface area contributed by atoms with E-state index in [1.54, 1.807) is 51.1 Å². The second-order valence-electron chi connectivity index (χ2n) is 6.81. The van der Waals surface area contributed by atoms with Crippen LogP contribution in [0, 0.1) is 0 Å². The van der Waals surface area contributed by atoms with Crippen molar-refractivity contribution in [3.8, 4) is 0 Å². The monoisotopic (exact) mass is 476 g/mol. The van der Waals surface area contributed by atoms with E-state index in [2.05, 4.69) is 0 Å². The third-order valence-corrected chi connectivity index (χ3v) is 6.79. The number of carbonyl (C=O) groups excluding carboxylic acids is 3. The SMILES string of the molecule is CCOC(=O)CN(C(=O)COC(=O)c1ccc(S(=O)(=O)N(CC)CC)cc1)c1ccccc1. The summed E-state index contributed by atoms with van der Waals surface area (Å²) < 4.78 is 36.4. The van der Waals surface area contributed by atoms with Gasteiger partial charge in [-0.2, -0.15) is 4.31 Å². The Kier molecular flexibility index (Phi) is 9.56. The summed E-state index contributed by atoms with van der Waals surface area (Å²) >= 11 is 0. The Morgan fingerprint density at radius 3 is 2.00 bits per heavy atom. The number of amides is 1. The molecule has 0 aliphatic carbocycles. The fourth-order valence-electron chi connectivity index (χ4n) is 3.03. The van der Waals surface area contributed by atoms with Crippen LogP contribution in [-0.4, -0.2) is 63.4 Å². The van der Waals surface area contributed by atoms with Crippen LogP contribution in [0.25, 0.3) is 0 Å². The molecule has 33 heavy (non-hydrogen) atoms. The van der Waals surface area contributed by atoms with Gasteiger partial charge in [0.25, 0.3) is 5.91 Å². The van der Waals surface area contributed by atoms with Crippen molar-refractivity contribution in [2.75, 3.05) is 37.7 Å². The van der Waals surface area contributed by atoms with Crippen LogP contribution in [0.5, 0.6) is 0 Å². The minimum absolute atomic E-state index is 0.0588. The Labute approximate surface area is 193 Å². The maximum Gasteiger partial charge on any atom is 0.338 e. The molecular weight excluding hydrogens is 448 g/mol. The Hall–Kier alpha value is -3.24. The molecule has 0 aromatic heterocycles. The third-order valence-electron chi connectivity index (χ3n) is 4.72. The Balaban J connectivity index is 2.08. The molecule has 9 nitrogen and oxygen atoms in total. The topological polar surface area (TPSA) is 110 Å². The normalized spacial score (nSPS) is 11.2. The van der Waals surface area contributed by atoms with Gasteiger partial charge < -0.3 is 9.47 Å². The highest BCUT2D eigenvalue weighted by molar-refractivity contribution is 7.89. The molecule has 2 rings (SSSR count). The molecule has 2 aromatic rings. The minimum Gasteiger partial charge on any atom is -0.465 e. The molecule has 178 valence electrons. The van der Waals surface area contributed by atoms with Crippen molar-refractivity contribution >= 4 is 33.6 Å². The van der Waals surface area contributed by atoms with Gasteiger partial charge in [-0.1, -0.05) is 32.0 Å². The van der Waals surface area contributed by atoms with E-state index in [1.807, 2.05) is 0 Å². The number of anilines is 1. The van der Waals surface area contributed by atoms with Crippen LogP contribution in [0.1, 0.15) is 31.1 Å². The number of ether oxygens (including phenoxy) is 2. The predicted molar refractivity (Wildman–Crippen MR) is 122 cm³/mol. The number of rotatable bonds is 11. The van der Waals surface area contributed by atoms with Gasteiger partial charge in [-0.3, -0.25) is 14.5 Å². The highest BCUT2D eigenvalue weighted by Crippen LogP contribution is 2.17. The molecule has 0 unspecified atom stereocenters. The van der Waals surface area contributed by atoms with E-state index in [0.717, 1.165) is 0 Å². The largest absolute Gasteiger partial charge is 0.465 e. The minimum atomic E-state index is -3.65. The second kappa shape index (κ2) is 12.1. The van der Waals surface area contributed by atoms with E-state index < -0.39 is 34.5 Å². The lowest BCUT2D eigenvalue weighted by Gasteiger charge is -2.21. The first-order valence-electron chi connectivity index (χ1n) is 10.5. The molecular formula is C23H28N2O7S. The van der Waals surface area contributed by atoms with Crippen molar-refractivity contribution in [2.45, 2.75) is 25.7 Å². The summed E-state index contributed by atoms with van der Waals surface area (Å²) in [7, 11) is -3.65. The molecule has 0 fully saturated rings. The van der Waals surface area contributed by atoms with Crippen LogP contribution in [0.15, 0.2) is 59.5 Å². The molecule has 0 spiro atoms. The summed E-state index contributed by atoms with van der Waals surface area (Å²) in [5.74, 6) is -1.99. The summed E-state index contributed by atoms with van der Waals surface area (Å²) in [6, 6.07) is 13.8. The average molecular weight is 477 g/mol. The van der Waals surface area contributed by atoms with Crippen LogP contribution in [0.3, 0.4) is 0 Å². The summed E-state index contributed by atoms with van der Waals surface area (Å²) in [5.41, 5.74) is 0.551. The van der Waals surface area contributed by atoms with Gasteiger partial charge in [-0.15, -0.1) is 0 Å². The van der Waals surface area contributed by atoms with Crippen LogP contribution in [-0.2, 0) is 29.1 Å². The standard InChI is InChI=1S/C23H28N2O7S/c1-4-24(5-2)33(29,30)20-14-12-18(13-15-20)23(28)32-17-21(26)25(16-22(27)31-6-3)19-10-8-7-9-11-19/h7-15H,4-6,16-17H2,1-3H3. The number of para-hydroxylation sites is 1. The van der Waals surface area contributed by atoms with Gasteiger partial charge in [0.2, 0.25) is 10.0 Å². The molecule has 0 aliphatic heterocycles. The van der Waals surface area contributed by atoms with Crippen molar-refractivity contribution in [1.82, 2.24) is 4.31 Å². The lowest BCUT2D eigenvalue weighted by atomic mass is 10.2. The van der Waals surface area contributed by atoms with Gasteiger partial charge in [-0.25, -0.2) is 13.2 Å². The fourth-order valence-corrected chi connectivity index (χ4v) is 4.49. The Morgan fingerprint density at radius 2 is 1.45 bits per heavy atom. The molecule has 0 aliphatic rings. The number of carbonyl (C=O) groups is 3. The maximum absolute atomic E-state index is 12.7. The molecule has 1 amide bonds. The maximum atomic E-state index is 12.7. The van der Waals surface area contributed by atoms with E-state index in [-0.39, 0.29) is 23.6 Å². The number of hydrogen-bond donors (Lipinski definition) is 0. The van der Waals surface area contributed by atoms with Crippen molar-refractivity contribution in [3.05, 3.63) is 60.2 Å². The van der Waals surface area contributed by atoms with Gasteiger partial charge in [0, 0.05) is 18.8 Å². The summed E-state index contributed by atoms with van der Waals surface area (Å²) in [6.45, 7) is 5.04. The average Bonchev–Trinajstić information content (AvgIpc) is 2.82. The first-order chi connectivity index (χ1) is 15.7. The lowest BCUT2D eigenvalue weighted by molar-refractivity contribution is -0.142. The molecule has 0 N–H and O–H groups in total. The van der Waals surface area contributed by atoms with Crippen molar-refractivity contribution < 1.29 is 32.3 Å². The fraction of sp³-hybridized carbons (Fsp3) is 0.348. The van der Waals surface area contributed by atoms with Gasteiger partial charge in [0.05, 0.1) is 17.1 Å². The van der Waals surface area contributed by atoms with E-state index in [4.69, 9.17) is 9.47 Å². The predicted octanol–water partition coefficient (Wildman–Crippen LogP) is 2.47. The third kappa shape index (κ3) is 6.87. The van der Waals surface area contributed by atoms with Crippen molar-refractivity contribution in [1.29, 1.82) is 0 Å². The molecule has 10 heteroatoms. The Morgan fingerprint density at radius 1 is 0.848 bits per heavy atom. The Bertz CT molecular complexity index is 1050. The summed E-state index contributed by atoms with van der Waals surface area (Å²) in [4.78, 5) is 38.2. The van der Waals surface area contributed by atoms with Crippen LogP contribution in [0.4, 0.5) is 5.69 Å². The lowest BCUT2D eigenvalue weighted by Crippen LogP contribution is -2.39. The molecule has 0 saturated heterocycles. The van der Waals surface area contributed by atoms with E-state index in [0.29, 0.717) is 18.8 Å². The molecule has 2 aromatic carbocycles. The van der Waals surface area contributed by atoms with E-state index in [9.17, 15) is 22.8 Å². The van der Waals surface area contributed by atoms with Crippen LogP contribution >= 0.6 is 0 Å². The molecule has 0 saturated carbocycles. The smallest absolute Gasteiger partial charge is 0.338 e. The second-order valence-corrected chi connectivity index (χ2v) is 8.75. The summed E-state index contributed by atoms with van der Waals surface area (Å²) in [6.07, 6.45) is 0. The van der Waals surface area contributed by atoms with Gasteiger partial charge in [0.15, 0.2) is 6.61 Å². The zero-order chi connectivity index (χ0) is 24.4. The van der Waals surface area contributed by atoms with Gasteiger partial charge in [-0.05, 0) is 43.3 Å². The number of nitrogens with zero attached hydrogens (tertiary/aromatic N) is 2. The quantitative estimate of drug-likeness (QED) is 0.458. The summed E-state index contributed by atoms with van der Waals surface area (Å²) in [5, 5.41) is 0. The number of esters is 2. The zero-order valence-corrected chi connectivity index (χ0v) is 19.7. The highest BCUT2D eigenvalue weighted by atomic mass is 32.2. The van der Waals surface area contributed by atoms with Crippen molar-refractivity contribution in [3.63, 3.8) is 0 Å². The number of hydrogen-bond acceptors (Lipinski definition) is 7. The van der Waals surface area contributed by atoms with E-state index in [1.165, 1.54) is 33.5 Å². The van der Waals surface area contributed by atoms with E-state index >= 15 is 0 Å². The van der Waals surface area contributed by atoms with Crippen molar-refractivity contribution in [2.24, 2.45) is 0 Å². The van der Waals surface area contributed by atoms with Crippen LogP contribution < -0.4 is 4.90 Å². The van der Waals surface area contributed by atoms with Gasteiger partial charge in [0.1, 0.15) is 6.54 Å². The molecule has 0 atom stereocenters. The first kappa shape index (κ1) is 26.0. The van der Waals surface area contributed by atoms with Gasteiger partial charge >= 0.3 is 11.9 Å². The zero-order valence-electron chi connectivity index (χ0n) is 18.9. The first-order valence-corrected chi connectivity index (χ1v) is 12.0. The molecule has 0 heterocycles. The van der Waals surface area contributed by atoms with Crippen LogP contribution in [0.2, 0.25) is 0 Å².